The molecule has 25 heavy (non-hydrogen) atoms. The molecular weight excluding hydrogens is 354 g/mol. The quantitative estimate of drug-likeness (QED) is 0.498. The fourth-order valence-corrected chi connectivity index (χ4v) is 1.76. The van der Waals surface area contributed by atoms with Gasteiger partial charge in [0.15, 0.2) is 11.5 Å². The van der Waals surface area contributed by atoms with Crippen LogP contribution in [0.4, 0.5) is 23.2 Å². The number of para-hydroxylation sites is 1. The normalized spacial score (nSPS) is 17.4. The zero-order chi connectivity index (χ0) is 18.8. The number of hydrogen-bond acceptors (Lipinski definition) is 7. The lowest BCUT2D eigenvalue weighted by molar-refractivity contribution is -0.391. The molecule has 0 atom stereocenters. The molecule has 1 aliphatic heterocycles. The lowest BCUT2D eigenvalue weighted by atomic mass is 10.2. The topological polar surface area (TPSA) is 83.1 Å². The summed E-state index contributed by atoms with van der Waals surface area (Å²) >= 11 is 0. The first-order valence-electron chi connectivity index (χ1n) is 6.53. The number of nitrogens with one attached hydrogen (secondary N) is 1. The number of esters is 2. The van der Waals surface area contributed by atoms with Crippen LogP contribution in [0.15, 0.2) is 30.0 Å². The van der Waals surface area contributed by atoms with E-state index >= 15 is 0 Å². The second-order valence-corrected chi connectivity index (χ2v) is 4.57. The molecule has 0 spiro atoms. The fraction of sp³-hybridized carbons (Fsp3) is 0.286. The van der Waals surface area contributed by atoms with Gasteiger partial charge in [0.05, 0.1) is 26.0 Å². The SMILES string of the molecule is COC(=O)/C=C(/Nc1cccc2c1OC(F)(F)C(F)(F)O2)C(=O)OC. The molecule has 0 bridgehead atoms. The molecule has 0 saturated heterocycles. The van der Waals surface area contributed by atoms with Crippen molar-refractivity contribution in [3.63, 3.8) is 0 Å². The van der Waals surface area contributed by atoms with Crippen LogP contribution in [0, 0.1) is 0 Å². The molecule has 1 aromatic rings. The van der Waals surface area contributed by atoms with Crippen molar-refractivity contribution in [2.45, 2.75) is 12.2 Å². The summed E-state index contributed by atoms with van der Waals surface area (Å²) in [7, 11) is 2.04. The third-order valence-electron chi connectivity index (χ3n) is 2.92. The van der Waals surface area contributed by atoms with Gasteiger partial charge in [0, 0.05) is 0 Å². The molecule has 0 amide bonds. The maximum Gasteiger partial charge on any atom is 0.507 e. The molecule has 136 valence electrons. The lowest BCUT2D eigenvalue weighted by Crippen LogP contribution is -2.52. The zero-order valence-electron chi connectivity index (χ0n) is 12.8. The maximum atomic E-state index is 13.4. The summed E-state index contributed by atoms with van der Waals surface area (Å²) in [6, 6.07) is 3.28. The molecule has 0 unspecified atom stereocenters. The third kappa shape index (κ3) is 3.59. The lowest BCUT2D eigenvalue weighted by Gasteiger charge is -2.32. The average Bonchev–Trinajstić information content (AvgIpc) is 2.54. The largest absolute Gasteiger partial charge is 0.507 e. The second-order valence-electron chi connectivity index (χ2n) is 4.57. The van der Waals surface area contributed by atoms with Crippen molar-refractivity contribution in [1.29, 1.82) is 0 Å². The Balaban J connectivity index is 2.43. The summed E-state index contributed by atoms with van der Waals surface area (Å²) in [5, 5.41) is 2.29. The van der Waals surface area contributed by atoms with Crippen LogP contribution >= 0.6 is 0 Å². The summed E-state index contributed by atoms with van der Waals surface area (Å²) in [6.45, 7) is 0. The number of anilines is 1. The third-order valence-corrected chi connectivity index (χ3v) is 2.92. The number of hydrogen-bond donors (Lipinski definition) is 1. The van der Waals surface area contributed by atoms with Gasteiger partial charge in [0.1, 0.15) is 5.70 Å². The van der Waals surface area contributed by atoms with Crippen LogP contribution in [0.3, 0.4) is 0 Å². The van der Waals surface area contributed by atoms with Crippen molar-refractivity contribution < 1.29 is 46.1 Å². The Morgan fingerprint density at radius 1 is 1.08 bits per heavy atom. The minimum atomic E-state index is -4.95. The average molecular weight is 365 g/mol. The van der Waals surface area contributed by atoms with E-state index in [1.807, 2.05) is 0 Å². The molecule has 0 radical (unpaired) electrons. The van der Waals surface area contributed by atoms with Gasteiger partial charge in [-0.05, 0) is 12.1 Å². The van der Waals surface area contributed by atoms with Crippen molar-refractivity contribution in [2.24, 2.45) is 0 Å². The number of rotatable bonds is 4. The van der Waals surface area contributed by atoms with E-state index < -0.39 is 41.4 Å². The van der Waals surface area contributed by atoms with Crippen LogP contribution in [0.2, 0.25) is 0 Å². The molecule has 0 aliphatic carbocycles. The Bertz CT molecular complexity index is 734. The molecule has 0 fully saturated rings. The molecule has 1 aromatic carbocycles. The summed E-state index contributed by atoms with van der Waals surface area (Å²) in [5.41, 5.74) is -0.847. The first kappa shape index (κ1) is 18.4. The molecule has 1 aliphatic rings. The fourth-order valence-electron chi connectivity index (χ4n) is 1.76. The van der Waals surface area contributed by atoms with E-state index in [4.69, 9.17) is 0 Å². The van der Waals surface area contributed by atoms with E-state index in [9.17, 15) is 27.2 Å². The van der Waals surface area contributed by atoms with Crippen LogP contribution < -0.4 is 14.8 Å². The number of benzene rings is 1. The number of carbonyl (C=O) groups is 2. The number of ether oxygens (including phenoxy) is 4. The predicted octanol–water partition coefficient (Wildman–Crippen LogP) is 2.29. The monoisotopic (exact) mass is 365 g/mol. The Morgan fingerprint density at radius 3 is 2.32 bits per heavy atom. The van der Waals surface area contributed by atoms with Crippen molar-refractivity contribution >= 4 is 17.6 Å². The summed E-state index contributed by atoms with van der Waals surface area (Å²) in [6.07, 6.45) is -9.15. The second kappa shape index (κ2) is 6.49. The highest BCUT2D eigenvalue weighted by molar-refractivity contribution is 5.99. The number of fused-ring (bicyclic) bond motifs is 1. The van der Waals surface area contributed by atoms with Gasteiger partial charge >= 0.3 is 24.2 Å². The van der Waals surface area contributed by atoms with Crippen LogP contribution in [0.5, 0.6) is 11.5 Å². The summed E-state index contributed by atoms with van der Waals surface area (Å²) < 4.78 is 69.9. The van der Waals surface area contributed by atoms with Gasteiger partial charge in [0.2, 0.25) is 0 Å². The number of alkyl halides is 4. The zero-order valence-corrected chi connectivity index (χ0v) is 12.8. The Morgan fingerprint density at radius 2 is 1.72 bits per heavy atom. The smallest absolute Gasteiger partial charge is 0.466 e. The molecular formula is C14H11F4NO6. The van der Waals surface area contributed by atoms with Crippen molar-refractivity contribution in [3.8, 4) is 11.5 Å². The Hall–Kier alpha value is -2.98. The number of halogens is 4. The van der Waals surface area contributed by atoms with Gasteiger partial charge in [-0.1, -0.05) is 6.07 Å². The van der Waals surface area contributed by atoms with Gasteiger partial charge in [-0.25, -0.2) is 9.59 Å². The van der Waals surface area contributed by atoms with Crippen LogP contribution in [0.25, 0.3) is 0 Å². The highest BCUT2D eigenvalue weighted by Crippen LogP contribution is 2.50. The van der Waals surface area contributed by atoms with E-state index in [-0.39, 0.29) is 5.69 Å². The van der Waals surface area contributed by atoms with Crippen LogP contribution in [0.1, 0.15) is 0 Å². The van der Waals surface area contributed by atoms with Crippen molar-refractivity contribution in [1.82, 2.24) is 0 Å². The molecule has 1 N–H and O–H groups in total. The number of methoxy groups -OCH3 is 2. The highest BCUT2D eigenvalue weighted by atomic mass is 19.3. The van der Waals surface area contributed by atoms with Gasteiger partial charge < -0.3 is 24.3 Å². The van der Waals surface area contributed by atoms with Gasteiger partial charge in [-0.2, -0.15) is 17.6 Å². The van der Waals surface area contributed by atoms with Gasteiger partial charge in [0.25, 0.3) is 0 Å². The predicted molar refractivity (Wildman–Crippen MR) is 73.3 cm³/mol. The molecule has 7 nitrogen and oxygen atoms in total. The molecule has 0 saturated carbocycles. The highest BCUT2D eigenvalue weighted by Gasteiger charge is 2.66. The first-order chi connectivity index (χ1) is 11.6. The Kier molecular flexibility index (Phi) is 4.77. The summed E-state index contributed by atoms with van der Waals surface area (Å²) in [4.78, 5) is 23.0. The molecule has 1 heterocycles. The van der Waals surface area contributed by atoms with Crippen LogP contribution in [-0.4, -0.2) is 38.4 Å². The van der Waals surface area contributed by atoms with Gasteiger partial charge in [-0.15, -0.1) is 0 Å². The van der Waals surface area contributed by atoms with E-state index in [2.05, 4.69) is 24.3 Å². The minimum absolute atomic E-state index is 0.340. The van der Waals surface area contributed by atoms with E-state index in [1.165, 1.54) is 6.07 Å². The van der Waals surface area contributed by atoms with Crippen molar-refractivity contribution in [3.05, 3.63) is 30.0 Å². The minimum Gasteiger partial charge on any atom is -0.466 e. The standard InChI is InChI=1S/C14H11F4NO6/c1-22-10(20)6-8(12(21)23-2)19-7-4-3-5-9-11(7)25-14(17,18)13(15,16)24-9/h3-6,19H,1-2H3/b8-6+. The maximum absolute atomic E-state index is 13.4. The number of carbonyl (C=O) groups excluding carboxylic acids is 2. The first-order valence-corrected chi connectivity index (χ1v) is 6.53. The Labute approximate surface area is 138 Å². The molecule has 2 rings (SSSR count). The van der Waals surface area contributed by atoms with E-state index in [1.54, 1.807) is 0 Å². The molecule has 11 heteroatoms. The van der Waals surface area contributed by atoms with E-state index in [0.717, 1.165) is 26.4 Å². The van der Waals surface area contributed by atoms with Crippen molar-refractivity contribution in [2.75, 3.05) is 19.5 Å². The molecule has 0 aromatic heterocycles. The van der Waals surface area contributed by atoms with E-state index in [0.29, 0.717) is 6.08 Å². The van der Waals surface area contributed by atoms with Gasteiger partial charge in [-0.3, -0.25) is 0 Å². The van der Waals surface area contributed by atoms with Crippen LogP contribution in [-0.2, 0) is 19.1 Å². The summed E-state index contributed by atoms with van der Waals surface area (Å²) in [5.74, 6) is -3.47.